The summed E-state index contributed by atoms with van der Waals surface area (Å²) in [5.41, 5.74) is 6.07. The quantitative estimate of drug-likeness (QED) is 0.688. The van der Waals surface area contributed by atoms with E-state index < -0.39 is 0 Å². The summed E-state index contributed by atoms with van der Waals surface area (Å²) in [6.45, 7) is 2.78. The summed E-state index contributed by atoms with van der Waals surface area (Å²) in [6.07, 6.45) is 15.4. The zero-order valence-electron chi connectivity index (χ0n) is 16.5. The Balaban J connectivity index is 1.39. The van der Waals surface area contributed by atoms with E-state index in [1.165, 1.54) is 48.8 Å². The van der Waals surface area contributed by atoms with Crippen molar-refractivity contribution in [2.75, 3.05) is 18.4 Å². The molecule has 2 N–H and O–H groups in total. The maximum Gasteiger partial charge on any atom is 0.0640 e. The normalized spacial score (nSPS) is 18.0. The standard InChI is InChI=1S/C24H30ClN3/c25-23-11-8-20-12-14-26-15-13-22(20)24(23)28-17-19-7-10-21(27-16-19)9-6-18-4-2-1-3-5-18/h6-11,16,18,26,28H,1-5,12-15,17H2/b9-6+. The molecule has 3 nitrogen and oxygen atoms in total. The SMILES string of the molecule is Clc1ccc2c(c1NCc1ccc(/C=C/C3CCCCC3)nc1)CCNCC2. The number of pyridine rings is 1. The lowest BCUT2D eigenvalue weighted by molar-refractivity contribution is 0.420. The van der Waals surface area contributed by atoms with Crippen LogP contribution in [0.1, 0.15) is 54.5 Å². The van der Waals surface area contributed by atoms with Gasteiger partial charge in [-0.3, -0.25) is 4.98 Å². The molecule has 0 atom stereocenters. The molecule has 2 heterocycles. The summed E-state index contributed by atoms with van der Waals surface area (Å²) in [6, 6.07) is 8.47. The molecule has 4 heteroatoms. The van der Waals surface area contributed by atoms with Crippen LogP contribution in [0.5, 0.6) is 0 Å². The van der Waals surface area contributed by atoms with Crippen molar-refractivity contribution >= 4 is 23.4 Å². The second-order valence-corrected chi connectivity index (χ2v) is 8.42. The van der Waals surface area contributed by atoms with Gasteiger partial charge in [-0.05, 0) is 79.6 Å². The lowest BCUT2D eigenvalue weighted by Gasteiger charge is -2.17. The number of allylic oxidation sites excluding steroid dienone is 1. The largest absolute Gasteiger partial charge is 0.379 e. The molecule has 1 saturated carbocycles. The molecule has 2 aliphatic rings. The van der Waals surface area contributed by atoms with Gasteiger partial charge in [-0.1, -0.05) is 49.1 Å². The van der Waals surface area contributed by atoms with E-state index in [4.69, 9.17) is 11.6 Å². The first kappa shape index (κ1) is 19.5. The summed E-state index contributed by atoms with van der Waals surface area (Å²) in [5, 5.41) is 7.85. The summed E-state index contributed by atoms with van der Waals surface area (Å²) >= 11 is 6.51. The summed E-state index contributed by atoms with van der Waals surface area (Å²) < 4.78 is 0. The summed E-state index contributed by atoms with van der Waals surface area (Å²) in [7, 11) is 0. The molecule has 1 aromatic carbocycles. The second kappa shape index (κ2) is 9.58. The first-order valence-corrected chi connectivity index (χ1v) is 11.1. The van der Waals surface area contributed by atoms with Crippen molar-refractivity contribution < 1.29 is 0 Å². The Morgan fingerprint density at radius 1 is 1.07 bits per heavy atom. The van der Waals surface area contributed by atoms with E-state index in [0.717, 1.165) is 54.8 Å². The highest BCUT2D eigenvalue weighted by atomic mass is 35.5. The number of benzene rings is 1. The Bertz CT molecular complexity index is 807. The molecule has 0 radical (unpaired) electrons. The average molecular weight is 396 g/mol. The molecule has 28 heavy (non-hydrogen) atoms. The Kier molecular flexibility index (Phi) is 6.66. The van der Waals surface area contributed by atoms with Gasteiger partial charge in [0.25, 0.3) is 0 Å². The number of aromatic nitrogens is 1. The van der Waals surface area contributed by atoms with Crippen LogP contribution in [0.25, 0.3) is 6.08 Å². The van der Waals surface area contributed by atoms with Gasteiger partial charge in [-0.2, -0.15) is 0 Å². The smallest absolute Gasteiger partial charge is 0.0640 e. The van der Waals surface area contributed by atoms with Gasteiger partial charge in [0.05, 0.1) is 16.4 Å². The fourth-order valence-electron chi connectivity index (χ4n) is 4.33. The number of hydrogen-bond acceptors (Lipinski definition) is 3. The van der Waals surface area contributed by atoms with Crippen LogP contribution in [-0.2, 0) is 19.4 Å². The monoisotopic (exact) mass is 395 g/mol. The molecule has 0 bridgehead atoms. The Hall–Kier alpha value is -1.84. The maximum atomic E-state index is 6.51. The molecule has 0 spiro atoms. The lowest BCUT2D eigenvalue weighted by Crippen LogP contribution is -2.16. The van der Waals surface area contributed by atoms with Gasteiger partial charge < -0.3 is 10.6 Å². The van der Waals surface area contributed by atoms with Gasteiger partial charge in [0.2, 0.25) is 0 Å². The number of nitrogens with one attached hydrogen (secondary N) is 2. The van der Waals surface area contributed by atoms with Gasteiger partial charge >= 0.3 is 0 Å². The van der Waals surface area contributed by atoms with Crippen molar-refractivity contribution in [3.05, 3.63) is 63.9 Å². The van der Waals surface area contributed by atoms with Crippen LogP contribution in [0.2, 0.25) is 5.02 Å². The Morgan fingerprint density at radius 2 is 1.93 bits per heavy atom. The third-order valence-electron chi connectivity index (χ3n) is 5.99. The minimum atomic E-state index is 0.738. The van der Waals surface area contributed by atoms with Crippen LogP contribution in [0.15, 0.2) is 36.5 Å². The van der Waals surface area contributed by atoms with Crippen LogP contribution < -0.4 is 10.6 Å². The van der Waals surface area contributed by atoms with Gasteiger partial charge in [-0.25, -0.2) is 0 Å². The number of halogens is 1. The number of hydrogen-bond donors (Lipinski definition) is 2. The minimum absolute atomic E-state index is 0.738. The molecule has 2 aromatic rings. The second-order valence-electron chi connectivity index (χ2n) is 8.01. The predicted molar refractivity (Wildman–Crippen MR) is 119 cm³/mol. The first-order valence-electron chi connectivity index (χ1n) is 10.7. The van der Waals surface area contributed by atoms with Crippen LogP contribution in [0.4, 0.5) is 5.69 Å². The molecular formula is C24H30ClN3. The fraction of sp³-hybridized carbons (Fsp3) is 0.458. The number of fused-ring (bicyclic) bond motifs is 1. The van der Waals surface area contributed by atoms with Gasteiger partial charge in [0.15, 0.2) is 0 Å². The Morgan fingerprint density at radius 3 is 2.75 bits per heavy atom. The molecule has 0 saturated heterocycles. The van der Waals surface area contributed by atoms with E-state index in [2.05, 4.69) is 46.0 Å². The lowest BCUT2D eigenvalue weighted by atomic mass is 9.89. The number of anilines is 1. The van der Waals surface area contributed by atoms with Gasteiger partial charge in [0, 0.05) is 12.7 Å². The molecule has 4 rings (SSSR count). The van der Waals surface area contributed by atoms with E-state index in [-0.39, 0.29) is 0 Å². The topological polar surface area (TPSA) is 37.0 Å². The molecule has 148 valence electrons. The fourth-order valence-corrected chi connectivity index (χ4v) is 4.57. The van der Waals surface area contributed by atoms with Crippen LogP contribution in [0.3, 0.4) is 0 Å². The molecule has 1 aliphatic carbocycles. The molecule has 1 aromatic heterocycles. The van der Waals surface area contributed by atoms with Crippen molar-refractivity contribution in [2.24, 2.45) is 5.92 Å². The maximum absolute atomic E-state index is 6.51. The molecule has 1 aliphatic heterocycles. The molecular weight excluding hydrogens is 366 g/mol. The van der Waals surface area contributed by atoms with E-state index in [1.54, 1.807) is 0 Å². The van der Waals surface area contributed by atoms with Crippen molar-refractivity contribution in [3.8, 4) is 0 Å². The van der Waals surface area contributed by atoms with Crippen LogP contribution in [0, 0.1) is 5.92 Å². The zero-order valence-corrected chi connectivity index (χ0v) is 17.3. The molecule has 0 unspecified atom stereocenters. The number of nitrogens with zero attached hydrogens (tertiary/aromatic N) is 1. The summed E-state index contributed by atoms with van der Waals surface area (Å²) in [5.74, 6) is 0.738. The average Bonchev–Trinajstić information content (AvgIpc) is 2.99. The molecule has 1 fully saturated rings. The predicted octanol–water partition coefficient (Wildman–Crippen LogP) is 5.63. The molecule has 0 amide bonds. The van der Waals surface area contributed by atoms with Gasteiger partial charge in [-0.15, -0.1) is 0 Å². The highest BCUT2D eigenvalue weighted by molar-refractivity contribution is 6.33. The van der Waals surface area contributed by atoms with E-state index in [9.17, 15) is 0 Å². The van der Waals surface area contributed by atoms with Crippen molar-refractivity contribution in [3.63, 3.8) is 0 Å². The first-order chi connectivity index (χ1) is 13.8. The van der Waals surface area contributed by atoms with E-state index in [0.29, 0.717) is 0 Å². The van der Waals surface area contributed by atoms with E-state index >= 15 is 0 Å². The zero-order chi connectivity index (χ0) is 19.2. The van der Waals surface area contributed by atoms with Gasteiger partial charge in [0.1, 0.15) is 0 Å². The third kappa shape index (κ3) is 4.95. The van der Waals surface area contributed by atoms with E-state index in [1.807, 2.05) is 12.3 Å². The van der Waals surface area contributed by atoms with Crippen molar-refractivity contribution in [1.82, 2.24) is 10.3 Å². The third-order valence-corrected chi connectivity index (χ3v) is 6.30. The van der Waals surface area contributed by atoms with Crippen molar-refractivity contribution in [2.45, 2.75) is 51.5 Å². The van der Waals surface area contributed by atoms with Crippen LogP contribution in [-0.4, -0.2) is 18.1 Å². The number of rotatable bonds is 5. The van der Waals surface area contributed by atoms with Crippen LogP contribution >= 0.6 is 11.6 Å². The minimum Gasteiger partial charge on any atom is -0.379 e. The van der Waals surface area contributed by atoms with Crippen molar-refractivity contribution in [1.29, 1.82) is 0 Å². The summed E-state index contributed by atoms with van der Waals surface area (Å²) in [4.78, 5) is 4.63. The highest BCUT2D eigenvalue weighted by Gasteiger charge is 2.14. The Labute approximate surface area is 173 Å². The highest BCUT2D eigenvalue weighted by Crippen LogP contribution is 2.31.